The highest BCUT2D eigenvalue weighted by Crippen LogP contribution is 2.47. The standard InChI is InChI=1S/C13H16F2N2O/c1-17(2)11-5-3-4-9(6-11)12(18)16-8-10-7-13(10,14)15/h3-6,10H,7-8H2,1-2H3,(H,16,18). The van der Waals surface area contributed by atoms with Gasteiger partial charge >= 0.3 is 0 Å². The van der Waals surface area contributed by atoms with E-state index in [2.05, 4.69) is 5.32 Å². The lowest BCUT2D eigenvalue weighted by atomic mass is 10.2. The normalized spacial score (nSPS) is 20.3. The molecule has 3 nitrogen and oxygen atoms in total. The van der Waals surface area contributed by atoms with Gasteiger partial charge < -0.3 is 10.2 Å². The molecule has 1 amide bonds. The molecule has 1 fully saturated rings. The van der Waals surface area contributed by atoms with Gasteiger partial charge in [-0.2, -0.15) is 0 Å². The Balaban J connectivity index is 1.94. The number of anilines is 1. The molecular weight excluding hydrogens is 238 g/mol. The molecule has 0 heterocycles. The molecule has 1 saturated carbocycles. The van der Waals surface area contributed by atoms with Gasteiger partial charge in [0.2, 0.25) is 0 Å². The summed E-state index contributed by atoms with van der Waals surface area (Å²) >= 11 is 0. The van der Waals surface area contributed by atoms with Crippen LogP contribution in [0.25, 0.3) is 0 Å². The fourth-order valence-corrected chi connectivity index (χ4v) is 1.73. The molecule has 0 radical (unpaired) electrons. The number of halogens is 2. The van der Waals surface area contributed by atoms with E-state index in [-0.39, 0.29) is 18.9 Å². The molecule has 1 aromatic carbocycles. The fourth-order valence-electron chi connectivity index (χ4n) is 1.73. The number of carbonyl (C=O) groups is 1. The van der Waals surface area contributed by atoms with Crippen molar-refractivity contribution in [1.29, 1.82) is 0 Å². The van der Waals surface area contributed by atoms with Crippen LogP contribution in [0.15, 0.2) is 24.3 Å². The van der Waals surface area contributed by atoms with Crippen molar-refractivity contribution < 1.29 is 13.6 Å². The Bertz CT molecular complexity index is 460. The van der Waals surface area contributed by atoms with Gasteiger partial charge in [-0.15, -0.1) is 0 Å². The Morgan fingerprint density at radius 2 is 2.17 bits per heavy atom. The minimum atomic E-state index is -2.58. The summed E-state index contributed by atoms with van der Waals surface area (Å²) in [6, 6.07) is 7.07. The van der Waals surface area contributed by atoms with Crippen molar-refractivity contribution in [3.8, 4) is 0 Å². The largest absolute Gasteiger partial charge is 0.378 e. The van der Waals surface area contributed by atoms with Crippen LogP contribution in [0.4, 0.5) is 14.5 Å². The van der Waals surface area contributed by atoms with Crippen molar-refractivity contribution in [3.05, 3.63) is 29.8 Å². The molecule has 2 rings (SSSR count). The molecule has 0 aliphatic heterocycles. The van der Waals surface area contributed by atoms with Crippen LogP contribution < -0.4 is 10.2 Å². The van der Waals surface area contributed by atoms with Crippen LogP contribution in [-0.2, 0) is 0 Å². The summed E-state index contributed by atoms with van der Waals surface area (Å²) in [5.41, 5.74) is 1.39. The number of hydrogen-bond acceptors (Lipinski definition) is 2. The van der Waals surface area contributed by atoms with Crippen molar-refractivity contribution in [2.24, 2.45) is 5.92 Å². The van der Waals surface area contributed by atoms with Gasteiger partial charge in [0.25, 0.3) is 11.8 Å². The van der Waals surface area contributed by atoms with Gasteiger partial charge in [0.15, 0.2) is 0 Å². The molecule has 98 valence electrons. The average molecular weight is 254 g/mol. The molecule has 18 heavy (non-hydrogen) atoms. The SMILES string of the molecule is CN(C)c1cccc(C(=O)NCC2CC2(F)F)c1. The second-order valence-electron chi connectivity index (χ2n) is 4.82. The highest BCUT2D eigenvalue weighted by molar-refractivity contribution is 5.95. The van der Waals surface area contributed by atoms with E-state index < -0.39 is 11.8 Å². The third kappa shape index (κ3) is 2.78. The zero-order valence-electron chi connectivity index (χ0n) is 10.4. The van der Waals surface area contributed by atoms with Crippen LogP contribution in [0, 0.1) is 5.92 Å². The monoisotopic (exact) mass is 254 g/mol. The first kappa shape index (κ1) is 12.8. The Hall–Kier alpha value is -1.65. The van der Waals surface area contributed by atoms with E-state index in [4.69, 9.17) is 0 Å². The Labute approximate surface area is 105 Å². The summed E-state index contributed by atoms with van der Waals surface area (Å²) in [5, 5.41) is 2.55. The molecule has 1 unspecified atom stereocenters. The lowest BCUT2D eigenvalue weighted by molar-refractivity contribution is 0.0895. The number of rotatable bonds is 4. The van der Waals surface area contributed by atoms with E-state index in [1.807, 2.05) is 25.1 Å². The fraction of sp³-hybridized carbons (Fsp3) is 0.462. The van der Waals surface area contributed by atoms with Gasteiger partial charge in [-0.1, -0.05) is 6.07 Å². The van der Waals surface area contributed by atoms with Crippen molar-refractivity contribution in [2.75, 3.05) is 25.5 Å². The number of alkyl halides is 2. The topological polar surface area (TPSA) is 32.3 Å². The third-order valence-electron chi connectivity index (χ3n) is 3.09. The average Bonchev–Trinajstić information content (AvgIpc) is 2.94. The van der Waals surface area contributed by atoms with Crippen LogP contribution in [0.2, 0.25) is 0 Å². The minimum Gasteiger partial charge on any atom is -0.378 e. The lowest BCUT2D eigenvalue weighted by Crippen LogP contribution is -2.27. The molecule has 1 aliphatic carbocycles. The molecular formula is C13H16F2N2O. The summed E-state index contributed by atoms with van der Waals surface area (Å²) in [6.45, 7) is 0.0397. The molecule has 1 atom stereocenters. The molecule has 1 aliphatic rings. The summed E-state index contributed by atoms with van der Waals surface area (Å²) < 4.78 is 25.3. The maximum absolute atomic E-state index is 12.7. The molecule has 0 aromatic heterocycles. The van der Waals surface area contributed by atoms with Crippen LogP contribution in [0.5, 0.6) is 0 Å². The highest BCUT2D eigenvalue weighted by atomic mass is 19.3. The third-order valence-corrected chi connectivity index (χ3v) is 3.09. The second-order valence-corrected chi connectivity index (χ2v) is 4.82. The van der Waals surface area contributed by atoms with E-state index in [0.717, 1.165) is 5.69 Å². The Morgan fingerprint density at radius 3 is 2.72 bits per heavy atom. The minimum absolute atomic E-state index is 0.0397. The van der Waals surface area contributed by atoms with Crippen molar-refractivity contribution in [2.45, 2.75) is 12.3 Å². The summed E-state index contributed by atoms with van der Waals surface area (Å²) in [4.78, 5) is 13.7. The number of carbonyl (C=O) groups excluding carboxylic acids is 1. The number of nitrogens with one attached hydrogen (secondary N) is 1. The number of benzene rings is 1. The molecule has 1 N–H and O–H groups in total. The highest BCUT2D eigenvalue weighted by Gasteiger charge is 2.56. The van der Waals surface area contributed by atoms with Crippen molar-refractivity contribution >= 4 is 11.6 Å². The Kier molecular flexibility index (Phi) is 3.24. The first-order valence-electron chi connectivity index (χ1n) is 5.83. The van der Waals surface area contributed by atoms with E-state index in [1.165, 1.54) is 0 Å². The molecule has 0 saturated heterocycles. The maximum atomic E-state index is 12.7. The quantitative estimate of drug-likeness (QED) is 0.892. The number of amides is 1. The zero-order valence-corrected chi connectivity index (χ0v) is 10.4. The summed E-state index contributed by atoms with van der Waals surface area (Å²) in [7, 11) is 3.75. The summed E-state index contributed by atoms with van der Waals surface area (Å²) in [5.74, 6) is -3.58. The first-order valence-corrected chi connectivity index (χ1v) is 5.83. The molecule has 1 aromatic rings. The van der Waals surface area contributed by atoms with E-state index in [0.29, 0.717) is 5.56 Å². The molecule has 0 bridgehead atoms. The second kappa shape index (κ2) is 4.55. The van der Waals surface area contributed by atoms with Crippen LogP contribution in [-0.4, -0.2) is 32.5 Å². The molecule has 0 spiro atoms. The van der Waals surface area contributed by atoms with Gasteiger partial charge in [0.1, 0.15) is 0 Å². The predicted molar refractivity (Wildman–Crippen MR) is 66.2 cm³/mol. The van der Waals surface area contributed by atoms with Crippen LogP contribution in [0.3, 0.4) is 0 Å². The van der Waals surface area contributed by atoms with Gasteiger partial charge in [0, 0.05) is 44.2 Å². The van der Waals surface area contributed by atoms with E-state index >= 15 is 0 Å². The van der Waals surface area contributed by atoms with E-state index in [1.54, 1.807) is 18.2 Å². The van der Waals surface area contributed by atoms with Crippen molar-refractivity contribution in [1.82, 2.24) is 5.32 Å². The number of nitrogens with zero attached hydrogens (tertiary/aromatic N) is 1. The lowest BCUT2D eigenvalue weighted by Gasteiger charge is -2.13. The first-order chi connectivity index (χ1) is 8.40. The molecule has 5 heteroatoms. The maximum Gasteiger partial charge on any atom is 0.253 e. The Morgan fingerprint density at radius 1 is 1.50 bits per heavy atom. The predicted octanol–water partition coefficient (Wildman–Crippen LogP) is 2.14. The van der Waals surface area contributed by atoms with E-state index in [9.17, 15) is 13.6 Å². The summed E-state index contributed by atoms with van der Waals surface area (Å²) in [6.07, 6.45) is -0.120. The van der Waals surface area contributed by atoms with Gasteiger partial charge in [-0.05, 0) is 18.2 Å². The van der Waals surface area contributed by atoms with Crippen LogP contribution in [0.1, 0.15) is 16.8 Å². The van der Waals surface area contributed by atoms with Crippen LogP contribution >= 0.6 is 0 Å². The van der Waals surface area contributed by atoms with Gasteiger partial charge in [0.05, 0.1) is 0 Å². The number of hydrogen-bond donors (Lipinski definition) is 1. The van der Waals surface area contributed by atoms with Crippen molar-refractivity contribution in [3.63, 3.8) is 0 Å². The smallest absolute Gasteiger partial charge is 0.253 e. The van der Waals surface area contributed by atoms with Gasteiger partial charge in [-0.25, -0.2) is 8.78 Å². The zero-order chi connectivity index (χ0) is 13.3. The van der Waals surface area contributed by atoms with Gasteiger partial charge in [-0.3, -0.25) is 4.79 Å².